The van der Waals surface area contributed by atoms with Crippen molar-refractivity contribution < 1.29 is 0 Å². The zero-order valence-electron chi connectivity index (χ0n) is 13.0. The number of nitrogens with one attached hydrogen (secondary N) is 1. The highest BCUT2D eigenvalue weighted by molar-refractivity contribution is 4.92. The zero-order chi connectivity index (χ0) is 14.8. The highest BCUT2D eigenvalue weighted by atomic mass is 15.4. The molecule has 5 heteroatoms. The lowest BCUT2D eigenvalue weighted by Gasteiger charge is -2.18. The van der Waals surface area contributed by atoms with E-state index in [1.165, 1.54) is 0 Å². The van der Waals surface area contributed by atoms with Gasteiger partial charge in [-0.05, 0) is 25.4 Å². The molecule has 0 amide bonds. The maximum Gasteiger partial charge on any atom is 0.0964 e. The van der Waals surface area contributed by atoms with E-state index in [1.807, 2.05) is 10.9 Å². The topological polar surface area (TPSA) is 46.0 Å². The smallest absolute Gasteiger partial charge is 0.0964 e. The Bertz CT molecular complexity index is 405. The molecule has 0 saturated carbocycles. The number of aromatic nitrogens is 3. The average molecular weight is 277 g/mol. The predicted octanol–water partition coefficient (Wildman–Crippen LogP) is 1.37. The third-order valence-electron chi connectivity index (χ3n) is 2.94. The van der Waals surface area contributed by atoms with E-state index in [0.29, 0.717) is 12.5 Å². The van der Waals surface area contributed by atoms with Crippen LogP contribution in [0, 0.1) is 18.3 Å². The number of nitrogens with zero attached hydrogens (tertiary/aromatic N) is 4. The minimum atomic E-state index is 0.649. The Balaban J connectivity index is 2.33. The molecule has 1 aromatic heterocycles. The van der Waals surface area contributed by atoms with Crippen molar-refractivity contribution in [2.45, 2.75) is 40.3 Å². The second-order valence-electron chi connectivity index (χ2n) is 5.48. The summed E-state index contributed by atoms with van der Waals surface area (Å²) in [7, 11) is 0. The minimum Gasteiger partial charge on any atom is -0.311 e. The molecule has 0 spiro atoms. The molecule has 0 aromatic carbocycles. The van der Waals surface area contributed by atoms with Gasteiger partial charge in [-0.3, -0.25) is 9.58 Å². The molecule has 20 heavy (non-hydrogen) atoms. The molecule has 0 atom stereocenters. The first-order valence-electron chi connectivity index (χ1n) is 7.41. The van der Waals surface area contributed by atoms with Gasteiger partial charge in [0.05, 0.1) is 18.8 Å². The van der Waals surface area contributed by atoms with E-state index in [0.717, 1.165) is 44.8 Å². The summed E-state index contributed by atoms with van der Waals surface area (Å²) in [4.78, 5) is 2.26. The molecule has 112 valence electrons. The number of terminal acetylenes is 1. The van der Waals surface area contributed by atoms with Gasteiger partial charge in [0.25, 0.3) is 0 Å². The van der Waals surface area contributed by atoms with Gasteiger partial charge in [0.15, 0.2) is 0 Å². The molecule has 0 radical (unpaired) electrons. The van der Waals surface area contributed by atoms with Crippen LogP contribution in [-0.2, 0) is 13.1 Å². The fourth-order valence-corrected chi connectivity index (χ4v) is 1.98. The monoisotopic (exact) mass is 277 g/mol. The highest BCUT2D eigenvalue weighted by Crippen LogP contribution is 1.97. The van der Waals surface area contributed by atoms with Gasteiger partial charge in [-0.2, -0.15) is 0 Å². The summed E-state index contributed by atoms with van der Waals surface area (Å²) in [6.45, 7) is 11.8. The van der Waals surface area contributed by atoms with E-state index in [2.05, 4.69) is 47.2 Å². The average Bonchev–Trinajstić information content (AvgIpc) is 2.84. The summed E-state index contributed by atoms with van der Waals surface area (Å²) >= 11 is 0. The number of hydrogen-bond donors (Lipinski definition) is 1. The second kappa shape index (κ2) is 9.51. The van der Waals surface area contributed by atoms with Crippen LogP contribution in [0.3, 0.4) is 0 Å². The van der Waals surface area contributed by atoms with Gasteiger partial charge >= 0.3 is 0 Å². The molecular weight excluding hydrogens is 250 g/mol. The Morgan fingerprint density at radius 2 is 2.25 bits per heavy atom. The molecule has 0 aliphatic heterocycles. The second-order valence-corrected chi connectivity index (χ2v) is 5.48. The molecule has 1 N–H and O–H groups in total. The maximum absolute atomic E-state index is 5.38. The largest absolute Gasteiger partial charge is 0.311 e. The standard InChI is InChI=1S/C15H27N5/c1-5-7-19(8-6-2)9-10-20-13-15(17-18-20)12-16-11-14(3)4/h1,13-14,16H,6-12H2,2-4H3. The SMILES string of the molecule is C#CCN(CCC)CCn1cc(CNCC(C)C)nn1. The first kappa shape index (κ1) is 16.7. The summed E-state index contributed by atoms with van der Waals surface area (Å²) in [5.74, 6) is 3.35. The molecule has 0 bridgehead atoms. The van der Waals surface area contributed by atoms with Crippen LogP contribution >= 0.6 is 0 Å². The molecule has 0 unspecified atom stereocenters. The van der Waals surface area contributed by atoms with Crippen LogP contribution < -0.4 is 5.32 Å². The first-order valence-corrected chi connectivity index (χ1v) is 7.41. The van der Waals surface area contributed by atoms with Crippen molar-refractivity contribution in [1.82, 2.24) is 25.2 Å². The predicted molar refractivity (Wildman–Crippen MR) is 82.1 cm³/mol. The van der Waals surface area contributed by atoms with Gasteiger partial charge in [0.1, 0.15) is 0 Å². The van der Waals surface area contributed by atoms with E-state index in [1.54, 1.807) is 0 Å². The van der Waals surface area contributed by atoms with Crippen molar-refractivity contribution >= 4 is 0 Å². The van der Waals surface area contributed by atoms with E-state index < -0.39 is 0 Å². The fourth-order valence-electron chi connectivity index (χ4n) is 1.98. The van der Waals surface area contributed by atoms with Gasteiger partial charge in [0, 0.05) is 19.3 Å². The van der Waals surface area contributed by atoms with Crippen LogP contribution in [0.1, 0.15) is 32.9 Å². The lowest BCUT2D eigenvalue weighted by atomic mass is 10.2. The van der Waals surface area contributed by atoms with E-state index in [9.17, 15) is 0 Å². The Morgan fingerprint density at radius 1 is 1.45 bits per heavy atom. The van der Waals surface area contributed by atoms with Gasteiger partial charge < -0.3 is 5.32 Å². The molecule has 1 heterocycles. The van der Waals surface area contributed by atoms with Crippen LogP contribution in [-0.4, -0.2) is 46.1 Å². The third kappa shape index (κ3) is 6.69. The molecule has 5 nitrogen and oxygen atoms in total. The van der Waals surface area contributed by atoms with Gasteiger partial charge in [-0.1, -0.05) is 31.9 Å². The van der Waals surface area contributed by atoms with E-state index >= 15 is 0 Å². The Kier molecular flexibility index (Phi) is 7.93. The van der Waals surface area contributed by atoms with E-state index in [-0.39, 0.29) is 0 Å². The third-order valence-corrected chi connectivity index (χ3v) is 2.94. The lowest BCUT2D eigenvalue weighted by molar-refractivity contribution is 0.287. The summed E-state index contributed by atoms with van der Waals surface area (Å²) in [5, 5.41) is 11.7. The molecule has 0 fully saturated rings. The van der Waals surface area contributed by atoms with Crippen LogP contribution in [0.25, 0.3) is 0 Å². The van der Waals surface area contributed by atoms with Crippen molar-refractivity contribution in [1.29, 1.82) is 0 Å². The molecule has 1 aromatic rings. The molecule has 1 rings (SSSR count). The Morgan fingerprint density at radius 3 is 2.90 bits per heavy atom. The zero-order valence-corrected chi connectivity index (χ0v) is 13.0. The number of hydrogen-bond acceptors (Lipinski definition) is 4. The number of rotatable bonds is 10. The Labute approximate surface area is 122 Å². The Hall–Kier alpha value is -1.38. The summed E-state index contributed by atoms with van der Waals surface area (Å²) in [6.07, 6.45) is 8.50. The van der Waals surface area contributed by atoms with Crippen LogP contribution in [0.4, 0.5) is 0 Å². The highest BCUT2D eigenvalue weighted by Gasteiger charge is 2.05. The van der Waals surface area contributed by atoms with Crippen molar-refractivity contribution in [3.63, 3.8) is 0 Å². The van der Waals surface area contributed by atoms with Crippen LogP contribution in [0.15, 0.2) is 6.20 Å². The van der Waals surface area contributed by atoms with Crippen molar-refractivity contribution in [2.24, 2.45) is 5.92 Å². The van der Waals surface area contributed by atoms with Gasteiger partial charge in [0.2, 0.25) is 0 Å². The molecular formula is C15H27N5. The molecule has 0 aliphatic carbocycles. The molecule has 0 saturated heterocycles. The van der Waals surface area contributed by atoms with Gasteiger partial charge in [-0.25, -0.2) is 0 Å². The minimum absolute atomic E-state index is 0.649. The van der Waals surface area contributed by atoms with Crippen molar-refractivity contribution in [3.8, 4) is 12.3 Å². The summed E-state index contributed by atoms with van der Waals surface area (Å²) in [6, 6.07) is 0. The lowest BCUT2D eigenvalue weighted by Crippen LogP contribution is -2.29. The van der Waals surface area contributed by atoms with E-state index in [4.69, 9.17) is 6.42 Å². The van der Waals surface area contributed by atoms with Crippen molar-refractivity contribution in [2.75, 3.05) is 26.2 Å². The first-order chi connectivity index (χ1) is 9.65. The fraction of sp³-hybridized carbons (Fsp3) is 0.733. The summed E-state index contributed by atoms with van der Waals surface area (Å²) in [5.41, 5.74) is 0.990. The quantitative estimate of drug-likeness (QED) is 0.656. The van der Waals surface area contributed by atoms with Crippen LogP contribution in [0.2, 0.25) is 0 Å². The van der Waals surface area contributed by atoms with Crippen LogP contribution in [0.5, 0.6) is 0 Å². The summed E-state index contributed by atoms with van der Waals surface area (Å²) < 4.78 is 1.89. The molecule has 0 aliphatic rings. The van der Waals surface area contributed by atoms with Crippen molar-refractivity contribution in [3.05, 3.63) is 11.9 Å². The maximum atomic E-state index is 5.38. The van der Waals surface area contributed by atoms with Gasteiger partial charge in [-0.15, -0.1) is 11.5 Å². The normalized spacial score (nSPS) is 11.2.